The van der Waals surface area contributed by atoms with Gasteiger partial charge in [-0.15, -0.1) is 11.3 Å². The van der Waals surface area contributed by atoms with Crippen LogP contribution in [0.4, 0.5) is 21.5 Å². The SMILES string of the molecule is O=C(Cn1c2c(sc1=O)[C@H](c1cccs1)C1C(=O)N(c3ccc([N+](=O)[O-])cc3)C(=O)C1S2)Nc1ccc(F)cc1. The molecule has 6 rings (SSSR count). The molecule has 3 amide bonds. The van der Waals surface area contributed by atoms with Crippen LogP contribution in [0.15, 0.2) is 75.9 Å². The molecule has 0 aliphatic carbocycles. The number of carbonyl (C=O) groups excluding carboxylic acids is 3. The molecular weight excluding hydrogens is 580 g/mol. The molecule has 1 N–H and O–H groups in total. The van der Waals surface area contributed by atoms with E-state index in [1.54, 1.807) is 0 Å². The molecule has 2 aliphatic rings. The first-order chi connectivity index (χ1) is 19.2. The van der Waals surface area contributed by atoms with Gasteiger partial charge in [0.2, 0.25) is 17.7 Å². The van der Waals surface area contributed by atoms with E-state index in [1.807, 2.05) is 17.5 Å². The first-order valence-electron chi connectivity index (χ1n) is 11.8. The average Bonchev–Trinajstić information content (AvgIpc) is 3.63. The summed E-state index contributed by atoms with van der Waals surface area (Å²) < 4.78 is 14.5. The standard InChI is InChI=1S/C26H17FN4O6S3/c27-13-3-5-14(6-4-13)28-18(32)12-29-25-22(40-26(29)35)19(17-2-1-11-38-17)20-21(39-25)24(34)30(23(20)33)15-7-9-16(10-8-15)31(36)37/h1-11,19-21H,12H2,(H,28,32)/t19-,20?,21?/m1/s1. The molecule has 0 spiro atoms. The van der Waals surface area contributed by atoms with Crippen molar-refractivity contribution >= 4 is 69.2 Å². The van der Waals surface area contributed by atoms with Gasteiger partial charge in [-0.3, -0.25) is 33.9 Å². The van der Waals surface area contributed by atoms with Crippen molar-refractivity contribution in [3.05, 3.63) is 101 Å². The molecule has 0 bridgehead atoms. The number of aromatic nitrogens is 1. The number of nitrogens with zero attached hydrogens (tertiary/aromatic N) is 3. The molecule has 10 nitrogen and oxygen atoms in total. The Bertz CT molecular complexity index is 1720. The maximum absolute atomic E-state index is 13.8. The molecule has 0 radical (unpaired) electrons. The van der Waals surface area contributed by atoms with E-state index >= 15 is 0 Å². The van der Waals surface area contributed by atoms with E-state index < -0.39 is 50.4 Å². The fraction of sp³-hybridized carbons (Fsp3) is 0.154. The highest BCUT2D eigenvalue weighted by Gasteiger charge is 2.57. The second-order valence-corrected chi connectivity index (χ2v) is 12.1. The number of amides is 3. The summed E-state index contributed by atoms with van der Waals surface area (Å²) in [6, 6.07) is 14.1. The summed E-state index contributed by atoms with van der Waals surface area (Å²) in [7, 11) is 0. The van der Waals surface area contributed by atoms with E-state index in [0.29, 0.717) is 15.6 Å². The lowest BCUT2D eigenvalue weighted by molar-refractivity contribution is -0.384. The highest BCUT2D eigenvalue weighted by atomic mass is 32.2. The first-order valence-corrected chi connectivity index (χ1v) is 14.4. The Kier molecular flexibility index (Phi) is 6.60. The molecule has 0 saturated carbocycles. The van der Waals surface area contributed by atoms with Gasteiger partial charge in [-0.25, -0.2) is 9.29 Å². The van der Waals surface area contributed by atoms with Crippen molar-refractivity contribution in [1.29, 1.82) is 0 Å². The lowest BCUT2D eigenvalue weighted by Crippen LogP contribution is -2.32. The number of nitro groups is 1. The van der Waals surface area contributed by atoms with Crippen molar-refractivity contribution in [3.8, 4) is 0 Å². The van der Waals surface area contributed by atoms with Crippen molar-refractivity contribution in [3.63, 3.8) is 0 Å². The van der Waals surface area contributed by atoms with Gasteiger partial charge in [0.15, 0.2) is 0 Å². The number of nitrogens with one attached hydrogen (secondary N) is 1. The highest BCUT2D eigenvalue weighted by Crippen LogP contribution is 2.54. The molecule has 3 atom stereocenters. The van der Waals surface area contributed by atoms with Gasteiger partial charge in [0.1, 0.15) is 17.6 Å². The Morgan fingerprint density at radius 3 is 2.40 bits per heavy atom. The minimum Gasteiger partial charge on any atom is -0.325 e. The van der Waals surface area contributed by atoms with Crippen molar-refractivity contribution in [2.24, 2.45) is 5.92 Å². The minimum absolute atomic E-state index is 0.170. The van der Waals surface area contributed by atoms with Crippen LogP contribution in [0.3, 0.4) is 0 Å². The number of halogens is 1. The number of fused-ring (bicyclic) bond motifs is 2. The molecule has 2 unspecified atom stereocenters. The van der Waals surface area contributed by atoms with Gasteiger partial charge in [-0.05, 0) is 47.8 Å². The second kappa shape index (κ2) is 10.1. The lowest BCUT2D eigenvalue weighted by atomic mass is 9.87. The Morgan fingerprint density at radius 2 is 1.75 bits per heavy atom. The summed E-state index contributed by atoms with van der Waals surface area (Å²) >= 11 is 3.41. The molecule has 1 saturated heterocycles. The summed E-state index contributed by atoms with van der Waals surface area (Å²) in [6.45, 7) is -0.336. The lowest BCUT2D eigenvalue weighted by Gasteiger charge is -2.29. The maximum Gasteiger partial charge on any atom is 0.308 e. The van der Waals surface area contributed by atoms with Gasteiger partial charge in [0.25, 0.3) is 5.69 Å². The van der Waals surface area contributed by atoms with Crippen molar-refractivity contribution in [1.82, 2.24) is 4.57 Å². The zero-order valence-corrected chi connectivity index (χ0v) is 22.6. The number of thiazole rings is 1. The van der Waals surface area contributed by atoms with E-state index in [1.165, 1.54) is 64.4 Å². The third-order valence-electron chi connectivity index (χ3n) is 6.65. The second-order valence-electron chi connectivity index (χ2n) is 9.02. The van der Waals surface area contributed by atoms with Crippen LogP contribution in [-0.2, 0) is 20.9 Å². The maximum atomic E-state index is 13.8. The van der Waals surface area contributed by atoms with Gasteiger partial charge in [0.05, 0.1) is 21.6 Å². The number of thioether (sulfide) groups is 1. The predicted octanol–water partition coefficient (Wildman–Crippen LogP) is 4.45. The van der Waals surface area contributed by atoms with Gasteiger partial charge in [-0.2, -0.15) is 0 Å². The molecule has 40 heavy (non-hydrogen) atoms. The molecule has 2 aromatic heterocycles. The third kappa shape index (κ3) is 4.43. The smallest absolute Gasteiger partial charge is 0.308 e. The van der Waals surface area contributed by atoms with Crippen LogP contribution in [-0.4, -0.2) is 32.5 Å². The number of thiophene rings is 1. The zero-order valence-electron chi connectivity index (χ0n) is 20.2. The number of rotatable bonds is 6. The predicted molar refractivity (Wildman–Crippen MR) is 148 cm³/mol. The summed E-state index contributed by atoms with van der Waals surface area (Å²) in [5.41, 5.74) is 0.416. The molecule has 2 aromatic carbocycles. The summed E-state index contributed by atoms with van der Waals surface area (Å²) in [5.74, 6) is -3.31. The van der Waals surface area contributed by atoms with E-state index in [4.69, 9.17) is 0 Å². The fourth-order valence-electron chi connectivity index (χ4n) is 4.89. The number of hydrogen-bond acceptors (Lipinski definition) is 9. The van der Waals surface area contributed by atoms with Gasteiger partial charge >= 0.3 is 4.87 Å². The fourth-order valence-corrected chi connectivity index (χ4v) is 8.61. The summed E-state index contributed by atoms with van der Waals surface area (Å²) in [5, 5.41) is 15.1. The van der Waals surface area contributed by atoms with Gasteiger partial charge in [-0.1, -0.05) is 29.2 Å². The van der Waals surface area contributed by atoms with E-state index in [9.17, 15) is 33.7 Å². The first kappa shape index (κ1) is 26.1. The number of benzene rings is 2. The largest absolute Gasteiger partial charge is 0.325 e. The molecule has 2 aliphatic heterocycles. The summed E-state index contributed by atoms with van der Waals surface area (Å²) in [6.07, 6.45) is 0. The Morgan fingerprint density at radius 1 is 1.02 bits per heavy atom. The third-order valence-corrected chi connectivity index (χ3v) is 10.2. The van der Waals surface area contributed by atoms with Crippen molar-refractivity contribution in [2.75, 3.05) is 10.2 Å². The van der Waals surface area contributed by atoms with Crippen molar-refractivity contribution < 1.29 is 23.7 Å². The number of carbonyl (C=O) groups is 3. The van der Waals surface area contributed by atoms with Gasteiger partial charge < -0.3 is 5.32 Å². The van der Waals surface area contributed by atoms with Crippen LogP contribution in [0.5, 0.6) is 0 Å². The van der Waals surface area contributed by atoms with Crippen LogP contribution >= 0.6 is 34.4 Å². The highest BCUT2D eigenvalue weighted by molar-refractivity contribution is 8.00. The quantitative estimate of drug-likeness (QED) is 0.198. The van der Waals surface area contributed by atoms with Crippen LogP contribution in [0, 0.1) is 21.8 Å². The van der Waals surface area contributed by atoms with Crippen LogP contribution in [0.2, 0.25) is 0 Å². The molecular formula is C26H17FN4O6S3. The van der Waals surface area contributed by atoms with E-state index in [-0.39, 0.29) is 17.9 Å². The summed E-state index contributed by atoms with van der Waals surface area (Å²) in [4.78, 5) is 65.9. The molecule has 4 aromatic rings. The molecule has 4 heterocycles. The normalized spacial score (nSPS) is 19.8. The Hall–Kier alpha value is -4.14. The number of non-ortho nitro benzene ring substituents is 1. The zero-order chi connectivity index (χ0) is 28.1. The van der Waals surface area contributed by atoms with E-state index in [2.05, 4.69) is 5.32 Å². The molecule has 202 valence electrons. The van der Waals surface area contributed by atoms with Crippen LogP contribution < -0.4 is 15.1 Å². The number of hydrogen-bond donors (Lipinski definition) is 1. The van der Waals surface area contributed by atoms with E-state index in [0.717, 1.165) is 32.9 Å². The minimum atomic E-state index is -0.872. The average molecular weight is 597 g/mol. The number of nitro benzene ring substituents is 1. The van der Waals surface area contributed by atoms with Gasteiger partial charge in [0, 0.05) is 33.5 Å². The Labute approximate surface area is 237 Å². The topological polar surface area (TPSA) is 132 Å². The molecule has 1 fully saturated rings. The monoisotopic (exact) mass is 596 g/mol. The molecule has 14 heteroatoms. The number of anilines is 2. The van der Waals surface area contributed by atoms with Crippen LogP contribution in [0.1, 0.15) is 15.7 Å². The Balaban J connectivity index is 1.36. The number of imide groups is 1. The van der Waals surface area contributed by atoms with Crippen molar-refractivity contribution in [2.45, 2.75) is 22.7 Å². The van der Waals surface area contributed by atoms with Crippen LogP contribution in [0.25, 0.3) is 0 Å².